The molecule has 2 nitrogen and oxygen atoms in total. The fourth-order valence-corrected chi connectivity index (χ4v) is 1.03. The van der Waals surface area contributed by atoms with E-state index in [0.717, 1.165) is 13.1 Å². The van der Waals surface area contributed by atoms with E-state index in [1.165, 1.54) is 12.8 Å². The van der Waals surface area contributed by atoms with Crippen molar-refractivity contribution in [2.45, 2.75) is 52.6 Å². The highest BCUT2D eigenvalue weighted by Gasteiger charge is 1.93. The van der Waals surface area contributed by atoms with Crippen LogP contribution in [-0.4, -0.2) is 25.2 Å². The fraction of sp³-hybridized carbons (Fsp3) is 1.00. The summed E-state index contributed by atoms with van der Waals surface area (Å²) in [6.45, 7) is 11.0. The minimum absolute atomic E-state index is 0.628. The van der Waals surface area contributed by atoms with Crippen molar-refractivity contribution >= 4 is 0 Å². The van der Waals surface area contributed by atoms with Crippen molar-refractivity contribution in [2.75, 3.05) is 13.1 Å². The zero-order chi connectivity index (χ0) is 9.40. The third kappa shape index (κ3) is 9.92. The van der Waals surface area contributed by atoms with E-state index in [4.69, 9.17) is 0 Å². The molecular weight excluding hydrogens is 148 g/mol. The molecule has 12 heavy (non-hydrogen) atoms. The molecule has 0 amide bonds. The van der Waals surface area contributed by atoms with Crippen LogP contribution in [0.3, 0.4) is 0 Å². The van der Waals surface area contributed by atoms with Crippen LogP contribution >= 0.6 is 0 Å². The van der Waals surface area contributed by atoms with Gasteiger partial charge in [-0.25, -0.2) is 0 Å². The van der Waals surface area contributed by atoms with Gasteiger partial charge in [-0.2, -0.15) is 0 Å². The molecule has 2 N–H and O–H groups in total. The second kappa shape index (κ2) is 7.56. The summed E-state index contributed by atoms with van der Waals surface area (Å²) in [7, 11) is 0. The molecule has 0 atom stereocenters. The van der Waals surface area contributed by atoms with Crippen molar-refractivity contribution in [2.24, 2.45) is 0 Å². The SMILES string of the molecule is CC(C)NCCCCNC(C)C. The van der Waals surface area contributed by atoms with Gasteiger partial charge < -0.3 is 10.6 Å². The van der Waals surface area contributed by atoms with Crippen molar-refractivity contribution in [3.8, 4) is 0 Å². The molecule has 0 fully saturated rings. The molecule has 0 aliphatic carbocycles. The molecule has 0 aromatic heterocycles. The lowest BCUT2D eigenvalue weighted by molar-refractivity contribution is 0.521. The molecule has 0 saturated carbocycles. The minimum atomic E-state index is 0.628. The normalized spacial score (nSPS) is 11.5. The van der Waals surface area contributed by atoms with Gasteiger partial charge in [0.1, 0.15) is 0 Å². The van der Waals surface area contributed by atoms with E-state index in [1.807, 2.05) is 0 Å². The molecule has 0 aliphatic rings. The maximum atomic E-state index is 3.41. The topological polar surface area (TPSA) is 24.1 Å². The predicted molar refractivity (Wildman–Crippen MR) is 55.5 cm³/mol. The first-order valence-corrected chi connectivity index (χ1v) is 5.09. The van der Waals surface area contributed by atoms with Crippen LogP contribution in [0.1, 0.15) is 40.5 Å². The second-order valence-electron chi connectivity index (χ2n) is 3.92. The minimum Gasteiger partial charge on any atom is -0.315 e. The van der Waals surface area contributed by atoms with Crippen LogP contribution in [0, 0.1) is 0 Å². The smallest absolute Gasteiger partial charge is 0.00103 e. The van der Waals surface area contributed by atoms with Gasteiger partial charge in [0.25, 0.3) is 0 Å². The first-order chi connectivity index (χ1) is 5.63. The van der Waals surface area contributed by atoms with Gasteiger partial charge in [-0.1, -0.05) is 27.7 Å². The highest BCUT2D eigenvalue weighted by molar-refractivity contribution is 4.56. The van der Waals surface area contributed by atoms with Gasteiger partial charge in [0, 0.05) is 12.1 Å². The zero-order valence-electron chi connectivity index (χ0n) is 8.98. The van der Waals surface area contributed by atoms with Crippen molar-refractivity contribution < 1.29 is 0 Å². The number of rotatable bonds is 7. The standard InChI is InChI=1S/C10H24N2/c1-9(2)11-7-5-6-8-12-10(3)4/h9-12H,5-8H2,1-4H3. The summed E-state index contributed by atoms with van der Waals surface area (Å²) in [6, 6.07) is 1.26. The summed E-state index contributed by atoms with van der Waals surface area (Å²) in [5.41, 5.74) is 0. The molecule has 0 heterocycles. The number of hydrogen-bond donors (Lipinski definition) is 2. The molecule has 0 spiro atoms. The third-order valence-electron chi connectivity index (χ3n) is 1.71. The van der Waals surface area contributed by atoms with Gasteiger partial charge >= 0.3 is 0 Å². The molecule has 0 aromatic rings. The quantitative estimate of drug-likeness (QED) is 0.572. The Bertz CT molecular complexity index is 77.8. The summed E-state index contributed by atoms with van der Waals surface area (Å²) >= 11 is 0. The van der Waals surface area contributed by atoms with Crippen molar-refractivity contribution in [3.05, 3.63) is 0 Å². The van der Waals surface area contributed by atoms with Gasteiger partial charge in [0.2, 0.25) is 0 Å². The van der Waals surface area contributed by atoms with Gasteiger partial charge in [0.15, 0.2) is 0 Å². The van der Waals surface area contributed by atoms with Crippen LogP contribution < -0.4 is 10.6 Å². The van der Waals surface area contributed by atoms with Crippen molar-refractivity contribution in [1.29, 1.82) is 0 Å². The number of nitrogens with one attached hydrogen (secondary N) is 2. The number of unbranched alkanes of at least 4 members (excludes halogenated alkanes) is 1. The Morgan fingerprint density at radius 3 is 1.33 bits per heavy atom. The molecule has 0 saturated heterocycles. The maximum Gasteiger partial charge on any atom is 0.00103 e. The summed E-state index contributed by atoms with van der Waals surface area (Å²) in [4.78, 5) is 0. The molecule has 0 aromatic carbocycles. The Morgan fingerprint density at radius 2 is 1.08 bits per heavy atom. The van der Waals surface area contributed by atoms with Gasteiger partial charge in [-0.15, -0.1) is 0 Å². The Balaban J connectivity index is 2.91. The van der Waals surface area contributed by atoms with Gasteiger partial charge in [-0.05, 0) is 25.9 Å². The van der Waals surface area contributed by atoms with E-state index < -0.39 is 0 Å². The maximum absolute atomic E-state index is 3.41. The largest absolute Gasteiger partial charge is 0.315 e. The number of hydrogen-bond acceptors (Lipinski definition) is 2. The first-order valence-electron chi connectivity index (χ1n) is 5.09. The summed E-state index contributed by atoms with van der Waals surface area (Å²) in [5, 5.41) is 6.81. The highest BCUT2D eigenvalue weighted by Crippen LogP contribution is 1.87. The molecule has 0 radical (unpaired) electrons. The zero-order valence-corrected chi connectivity index (χ0v) is 8.98. The van der Waals surface area contributed by atoms with Crippen LogP contribution in [0.25, 0.3) is 0 Å². The van der Waals surface area contributed by atoms with E-state index in [0.29, 0.717) is 12.1 Å². The lowest BCUT2D eigenvalue weighted by Gasteiger charge is -2.09. The van der Waals surface area contributed by atoms with E-state index in [2.05, 4.69) is 38.3 Å². The Kier molecular flexibility index (Phi) is 7.51. The predicted octanol–water partition coefficient (Wildman–Crippen LogP) is 1.76. The second-order valence-corrected chi connectivity index (χ2v) is 3.92. The van der Waals surface area contributed by atoms with Crippen LogP contribution in [0.15, 0.2) is 0 Å². The molecule has 0 aliphatic heterocycles. The first kappa shape index (κ1) is 11.9. The van der Waals surface area contributed by atoms with Gasteiger partial charge in [-0.3, -0.25) is 0 Å². The van der Waals surface area contributed by atoms with E-state index >= 15 is 0 Å². The Labute approximate surface area is 77.1 Å². The molecule has 0 rings (SSSR count). The molecule has 2 heteroatoms. The van der Waals surface area contributed by atoms with Crippen molar-refractivity contribution in [3.63, 3.8) is 0 Å². The fourth-order valence-electron chi connectivity index (χ4n) is 1.03. The van der Waals surface area contributed by atoms with Crippen LogP contribution in [0.4, 0.5) is 0 Å². The summed E-state index contributed by atoms with van der Waals surface area (Å²) in [6.07, 6.45) is 2.55. The average Bonchev–Trinajstić information content (AvgIpc) is 1.95. The molecular formula is C10H24N2. The molecule has 0 bridgehead atoms. The molecule has 74 valence electrons. The molecule has 0 unspecified atom stereocenters. The highest BCUT2D eigenvalue weighted by atomic mass is 14.9. The lowest BCUT2D eigenvalue weighted by atomic mass is 10.2. The Hall–Kier alpha value is -0.0800. The Morgan fingerprint density at radius 1 is 0.750 bits per heavy atom. The van der Waals surface area contributed by atoms with Crippen LogP contribution in [0.5, 0.6) is 0 Å². The van der Waals surface area contributed by atoms with E-state index in [-0.39, 0.29) is 0 Å². The summed E-state index contributed by atoms with van der Waals surface area (Å²) in [5.74, 6) is 0. The lowest BCUT2D eigenvalue weighted by Crippen LogP contribution is -2.26. The summed E-state index contributed by atoms with van der Waals surface area (Å²) < 4.78 is 0. The van der Waals surface area contributed by atoms with E-state index in [1.54, 1.807) is 0 Å². The van der Waals surface area contributed by atoms with Crippen LogP contribution in [0.2, 0.25) is 0 Å². The average molecular weight is 172 g/mol. The third-order valence-corrected chi connectivity index (χ3v) is 1.71. The van der Waals surface area contributed by atoms with E-state index in [9.17, 15) is 0 Å². The van der Waals surface area contributed by atoms with Gasteiger partial charge in [0.05, 0.1) is 0 Å². The monoisotopic (exact) mass is 172 g/mol. The van der Waals surface area contributed by atoms with Crippen molar-refractivity contribution in [1.82, 2.24) is 10.6 Å². The van der Waals surface area contributed by atoms with Crippen LogP contribution in [-0.2, 0) is 0 Å².